The van der Waals surface area contributed by atoms with Crippen LogP contribution in [0.2, 0.25) is 0 Å². The molecule has 0 aromatic heterocycles. The zero-order valence-electron chi connectivity index (χ0n) is 11.2. The fourth-order valence-corrected chi connectivity index (χ4v) is 2.85. The SMILES string of the molecule is Cc1cc(C(CC(=O)O)C2CC2)c2c(c1C)OCO2. The maximum Gasteiger partial charge on any atom is 0.303 e. The topological polar surface area (TPSA) is 55.8 Å². The van der Waals surface area contributed by atoms with Crippen LogP contribution in [-0.4, -0.2) is 17.9 Å². The van der Waals surface area contributed by atoms with Crippen molar-refractivity contribution in [1.82, 2.24) is 0 Å². The summed E-state index contributed by atoms with van der Waals surface area (Å²) in [5, 5.41) is 9.12. The van der Waals surface area contributed by atoms with E-state index >= 15 is 0 Å². The first-order chi connectivity index (χ1) is 9.08. The summed E-state index contributed by atoms with van der Waals surface area (Å²) in [6.45, 7) is 4.28. The molecular formula is C15H18O4. The van der Waals surface area contributed by atoms with Crippen LogP contribution >= 0.6 is 0 Å². The van der Waals surface area contributed by atoms with Gasteiger partial charge in [0.15, 0.2) is 11.5 Å². The Bertz CT molecular complexity index is 531. The number of carbonyl (C=O) groups is 1. The summed E-state index contributed by atoms with van der Waals surface area (Å²) < 4.78 is 11.1. The van der Waals surface area contributed by atoms with Gasteiger partial charge in [-0.3, -0.25) is 4.79 Å². The first-order valence-electron chi connectivity index (χ1n) is 6.69. The number of aryl methyl sites for hydroxylation is 1. The summed E-state index contributed by atoms with van der Waals surface area (Å²) in [7, 11) is 0. The van der Waals surface area contributed by atoms with Gasteiger partial charge < -0.3 is 14.6 Å². The Labute approximate surface area is 112 Å². The molecule has 2 aliphatic rings. The van der Waals surface area contributed by atoms with Crippen LogP contribution in [0.3, 0.4) is 0 Å². The van der Waals surface area contributed by atoms with Crippen LogP contribution in [0.15, 0.2) is 6.07 Å². The second kappa shape index (κ2) is 4.44. The predicted octanol–water partition coefficient (Wildman–Crippen LogP) is 3.00. The van der Waals surface area contributed by atoms with Gasteiger partial charge in [0.05, 0.1) is 6.42 Å². The molecule has 1 aromatic rings. The summed E-state index contributed by atoms with van der Waals surface area (Å²) >= 11 is 0. The second-order valence-corrected chi connectivity index (χ2v) is 5.51. The molecule has 0 radical (unpaired) electrons. The zero-order valence-corrected chi connectivity index (χ0v) is 11.2. The normalized spacial score (nSPS) is 18.4. The van der Waals surface area contributed by atoms with Crippen molar-refractivity contribution in [1.29, 1.82) is 0 Å². The lowest BCUT2D eigenvalue weighted by Gasteiger charge is -2.18. The Morgan fingerprint density at radius 2 is 2.05 bits per heavy atom. The lowest BCUT2D eigenvalue weighted by Crippen LogP contribution is -2.10. The van der Waals surface area contributed by atoms with E-state index in [1.807, 2.05) is 13.8 Å². The minimum atomic E-state index is -0.747. The summed E-state index contributed by atoms with van der Waals surface area (Å²) in [6.07, 6.45) is 2.39. The summed E-state index contributed by atoms with van der Waals surface area (Å²) in [4.78, 5) is 11.1. The molecule has 102 valence electrons. The van der Waals surface area contributed by atoms with Crippen molar-refractivity contribution in [2.75, 3.05) is 6.79 Å². The molecule has 19 heavy (non-hydrogen) atoms. The number of rotatable bonds is 4. The minimum Gasteiger partial charge on any atom is -0.481 e. The molecule has 1 N–H and O–H groups in total. The largest absolute Gasteiger partial charge is 0.481 e. The molecule has 1 aliphatic heterocycles. The fraction of sp³-hybridized carbons (Fsp3) is 0.533. The van der Waals surface area contributed by atoms with Gasteiger partial charge in [-0.05, 0) is 43.7 Å². The van der Waals surface area contributed by atoms with Crippen LogP contribution in [0.25, 0.3) is 0 Å². The number of fused-ring (bicyclic) bond motifs is 1. The molecule has 1 aromatic carbocycles. The van der Waals surface area contributed by atoms with Gasteiger partial charge >= 0.3 is 5.97 Å². The quantitative estimate of drug-likeness (QED) is 0.906. The summed E-state index contributed by atoms with van der Waals surface area (Å²) in [5.74, 6) is 1.34. The molecule has 1 fully saturated rings. The number of hydrogen-bond acceptors (Lipinski definition) is 3. The highest BCUT2D eigenvalue weighted by Crippen LogP contribution is 2.51. The maximum atomic E-state index is 11.1. The Morgan fingerprint density at radius 1 is 1.37 bits per heavy atom. The third kappa shape index (κ3) is 2.15. The van der Waals surface area contributed by atoms with E-state index in [4.69, 9.17) is 14.6 Å². The maximum absolute atomic E-state index is 11.1. The van der Waals surface area contributed by atoms with E-state index < -0.39 is 5.97 Å². The molecule has 1 atom stereocenters. The third-order valence-electron chi connectivity index (χ3n) is 4.16. The average Bonchev–Trinajstić information content (AvgIpc) is 3.08. The molecule has 0 amide bonds. The number of ether oxygens (including phenoxy) is 2. The van der Waals surface area contributed by atoms with Gasteiger partial charge in [-0.2, -0.15) is 0 Å². The molecule has 0 saturated heterocycles. The van der Waals surface area contributed by atoms with Gasteiger partial charge in [-0.25, -0.2) is 0 Å². The van der Waals surface area contributed by atoms with Crippen LogP contribution in [0.4, 0.5) is 0 Å². The van der Waals surface area contributed by atoms with Gasteiger partial charge in [-0.15, -0.1) is 0 Å². The molecule has 4 nitrogen and oxygen atoms in total. The highest BCUT2D eigenvalue weighted by atomic mass is 16.7. The van der Waals surface area contributed by atoms with Crippen LogP contribution in [0, 0.1) is 19.8 Å². The van der Waals surface area contributed by atoms with E-state index in [1.54, 1.807) is 0 Å². The van der Waals surface area contributed by atoms with E-state index in [-0.39, 0.29) is 19.1 Å². The number of carboxylic acid groups (broad SMARTS) is 1. The molecule has 1 saturated carbocycles. The Hall–Kier alpha value is -1.71. The van der Waals surface area contributed by atoms with E-state index in [9.17, 15) is 4.79 Å². The molecule has 3 rings (SSSR count). The van der Waals surface area contributed by atoms with E-state index in [0.29, 0.717) is 5.92 Å². The van der Waals surface area contributed by atoms with Crippen molar-refractivity contribution in [2.24, 2.45) is 5.92 Å². The average molecular weight is 262 g/mol. The smallest absolute Gasteiger partial charge is 0.303 e. The van der Waals surface area contributed by atoms with Crippen molar-refractivity contribution >= 4 is 5.97 Å². The summed E-state index contributed by atoms with van der Waals surface area (Å²) in [5.41, 5.74) is 3.23. The molecule has 1 aliphatic carbocycles. The Balaban J connectivity index is 2.05. The highest BCUT2D eigenvalue weighted by Gasteiger charge is 2.37. The van der Waals surface area contributed by atoms with Crippen molar-refractivity contribution in [3.8, 4) is 11.5 Å². The zero-order chi connectivity index (χ0) is 13.6. The minimum absolute atomic E-state index is 0.0484. The Morgan fingerprint density at radius 3 is 2.68 bits per heavy atom. The number of aliphatic carboxylic acids is 1. The monoisotopic (exact) mass is 262 g/mol. The fourth-order valence-electron chi connectivity index (χ4n) is 2.85. The lowest BCUT2D eigenvalue weighted by molar-refractivity contribution is -0.137. The van der Waals surface area contributed by atoms with Crippen molar-refractivity contribution in [2.45, 2.75) is 39.0 Å². The van der Waals surface area contributed by atoms with Crippen molar-refractivity contribution in [3.63, 3.8) is 0 Å². The predicted molar refractivity (Wildman–Crippen MR) is 69.8 cm³/mol. The molecule has 0 bridgehead atoms. The van der Waals surface area contributed by atoms with Crippen molar-refractivity contribution in [3.05, 3.63) is 22.8 Å². The number of carboxylic acids is 1. The van der Waals surface area contributed by atoms with Crippen LogP contribution in [0.5, 0.6) is 11.5 Å². The molecular weight excluding hydrogens is 244 g/mol. The van der Waals surface area contributed by atoms with Gasteiger partial charge in [0, 0.05) is 11.5 Å². The number of hydrogen-bond donors (Lipinski definition) is 1. The van der Waals surface area contributed by atoms with Crippen LogP contribution < -0.4 is 9.47 Å². The molecule has 1 heterocycles. The highest BCUT2D eigenvalue weighted by molar-refractivity contribution is 5.69. The van der Waals surface area contributed by atoms with Gasteiger partial charge in [0.2, 0.25) is 6.79 Å². The number of benzene rings is 1. The molecule has 0 spiro atoms. The lowest BCUT2D eigenvalue weighted by atomic mass is 9.88. The first-order valence-corrected chi connectivity index (χ1v) is 6.69. The van der Waals surface area contributed by atoms with Crippen molar-refractivity contribution < 1.29 is 19.4 Å². The van der Waals surface area contributed by atoms with E-state index in [1.165, 1.54) is 0 Å². The van der Waals surface area contributed by atoms with Crippen LogP contribution in [0.1, 0.15) is 41.9 Å². The van der Waals surface area contributed by atoms with Gasteiger partial charge in [0.25, 0.3) is 0 Å². The molecule has 1 unspecified atom stereocenters. The first kappa shape index (κ1) is 12.3. The summed E-state index contributed by atoms with van der Waals surface area (Å²) in [6, 6.07) is 2.08. The van der Waals surface area contributed by atoms with Gasteiger partial charge in [-0.1, -0.05) is 6.07 Å². The third-order valence-corrected chi connectivity index (χ3v) is 4.16. The second-order valence-electron chi connectivity index (χ2n) is 5.51. The molecule has 4 heteroatoms. The van der Waals surface area contributed by atoms with Gasteiger partial charge in [0.1, 0.15) is 0 Å². The van der Waals surface area contributed by atoms with E-state index in [2.05, 4.69) is 6.07 Å². The van der Waals surface area contributed by atoms with E-state index in [0.717, 1.165) is 41.0 Å². The van der Waals surface area contributed by atoms with Crippen LogP contribution in [-0.2, 0) is 4.79 Å². The Kier molecular flexibility index (Phi) is 2.88. The standard InChI is InChI=1S/C15H18O4/c1-8-5-12(11(6-13(16)17)10-3-4-10)15-14(9(8)2)18-7-19-15/h5,10-11H,3-4,6-7H2,1-2H3,(H,16,17).